The molecule has 0 fully saturated rings. The van der Waals surface area contributed by atoms with Crippen LogP contribution in [-0.2, 0) is 0 Å². The van der Waals surface area contributed by atoms with E-state index in [0.717, 1.165) is 12.1 Å². The molecule has 102 valence electrons. The zero-order valence-corrected chi connectivity index (χ0v) is 8.92. The summed E-state index contributed by atoms with van der Waals surface area (Å²) in [5, 5.41) is 23.8. The molecule has 0 radical (unpaired) electrons. The smallest absolute Gasteiger partial charge is 0.272 e. The number of hydrogen-bond donors (Lipinski definition) is 1. The van der Waals surface area contributed by atoms with Crippen molar-refractivity contribution in [2.24, 2.45) is 5.10 Å². The number of non-ortho nitro benzene ring substituents is 1. The van der Waals surface area contributed by atoms with Crippen molar-refractivity contribution in [2.75, 3.05) is 5.43 Å². The van der Waals surface area contributed by atoms with Gasteiger partial charge < -0.3 is 0 Å². The van der Waals surface area contributed by atoms with E-state index in [2.05, 4.69) is 5.10 Å². The Morgan fingerprint density at radius 2 is 1.84 bits per heavy atom. The quantitative estimate of drug-likeness (QED) is 0.516. The lowest BCUT2D eigenvalue weighted by Gasteiger charge is -2.02. The first-order valence-corrected chi connectivity index (χ1v) is 4.50. The molecule has 0 saturated carbocycles. The summed E-state index contributed by atoms with van der Waals surface area (Å²) in [4.78, 5) is 19.2. The fourth-order valence-corrected chi connectivity index (χ4v) is 1.05. The molecular weight excluding hydrogens is 273 g/mol. The van der Waals surface area contributed by atoms with E-state index in [4.69, 9.17) is 0 Å². The minimum atomic E-state index is -4.68. The van der Waals surface area contributed by atoms with Gasteiger partial charge >= 0.3 is 11.9 Å². The third-order valence-corrected chi connectivity index (χ3v) is 1.78. The van der Waals surface area contributed by atoms with Crippen molar-refractivity contribution in [3.05, 3.63) is 38.4 Å². The van der Waals surface area contributed by atoms with Gasteiger partial charge in [-0.3, -0.25) is 25.7 Å². The topological polar surface area (TPSA) is 111 Å². The first kappa shape index (κ1) is 14.3. The number of hydrogen-bond acceptors (Lipinski definition) is 6. The molecule has 0 atom stereocenters. The van der Waals surface area contributed by atoms with E-state index < -0.39 is 39.3 Å². The van der Waals surface area contributed by atoms with Gasteiger partial charge in [0.2, 0.25) is 0 Å². The molecule has 0 bridgehead atoms. The van der Waals surface area contributed by atoms with Crippen LogP contribution >= 0.6 is 0 Å². The Balaban J connectivity index is 3.04. The van der Waals surface area contributed by atoms with E-state index in [1.165, 1.54) is 0 Å². The molecular formula is C8H5F3N4O4. The van der Waals surface area contributed by atoms with Gasteiger partial charge in [0.15, 0.2) is 0 Å². The van der Waals surface area contributed by atoms with Gasteiger partial charge in [0.05, 0.1) is 15.9 Å². The summed E-state index contributed by atoms with van der Waals surface area (Å²) in [6, 6.07) is 2.41. The number of halogens is 3. The minimum absolute atomic E-state index is 0.392. The summed E-state index contributed by atoms with van der Waals surface area (Å²) in [5.74, 6) is 0. The Bertz CT molecular complexity index is 543. The third kappa shape index (κ3) is 4.22. The number of alkyl halides is 3. The average molecular weight is 278 g/mol. The second-order valence-electron chi connectivity index (χ2n) is 3.13. The van der Waals surface area contributed by atoms with Crippen molar-refractivity contribution in [1.29, 1.82) is 0 Å². The summed E-state index contributed by atoms with van der Waals surface area (Å²) >= 11 is 0. The van der Waals surface area contributed by atoms with Crippen LogP contribution in [0.15, 0.2) is 23.3 Å². The fraction of sp³-hybridized carbons (Fsp3) is 0.125. The van der Waals surface area contributed by atoms with Gasteiger partial charge in [0.25, 0.3) is 5.69 Å². The summed E-state index contributed by atoms with van der Waals surface area (Å²) in [6.07, 6.45) is -5.08. The van der Waals surface area contributed by atoms with Crippen LogP contribution in [0.1, 0.15) is 0 Å². The van der Waals surface area contributed by atoms with Crippen molar-refractivity contribution < 1.29 is 23.0 Å². The second-order valence-corrected chi connectivity index (χ2v) is 3.13. The van der Waals surface area contributed by atoms with E-state index in [1.807, 2.05) is 0 Å². The van der Waals surface area contributed by atoms with Crippen LogP contribution in [0.3, 0.4) is 0 Å². The zero-order chi connectivity index (χ0) is 14.6. The third-order valence-electron chi connectivity index (χ3n) is 1.78. The molecule has 1 N–H and O–H groups in total. The monoisotopic (exact) mass is 278 g/mol. The molecule has 19 heavy (non-hydrogen) atoms. The SMILES string of the molecule is O=[N+]([O-])c1ccc(NN=CC(F)(F)F)c([N+](=O)[O-])c1. The number of nitrogens with zero attached hydrogens (tertiary/aromatic N) is 3. The lowest BCUT2D eigenvalue weighted by molar-refractivity contribution is -0.393. The molecule has 0 aliphatic heterocycles. The van der Waals surface area contributed by atoms with Crippen LogP contribution in [0.5, 0.6) is 0 Å². The maximum Gasteiger partial charge on any atom is 0.428 e. The largest absolute Gasteiger partial charge is 0.428 e. The number of nitrogens with one attached hydrogen (secondary N) is 1. The van der Waals surface area contributed by atoms with Crippen LogP contribution in [0.4, 0.5) is 30.2 Å². The summed E-state index contributed by atoms with van der Waals surface area (Å²) in [7, 11) is 0. The molecule has 0 unspecified atom stereocenters. The number of rotatable bonds is 4. The van der Waals surface area contributed by atoms with E-state index >= 15 is 0 Å². The molecule has 0 heterocycles. The summed E-state index contributed by atoms with van der Waals surface area (Å²) < 4.78 is 35.3. The van der Waals surface area contributed by atoms with Crippen molar-refractivity contribution in [1.82, 2.24) is 0 Å². The molecule has 8 nitrogen and oxygen atoms in total. The van der Waals surface area contributed by atoms with Crippen LogP contribution in [0, 0.1) is 20.2 Å². The standard InChI is InChI=1S/C8H5F3N4O4/c9-8(10,11)4-12-13-6-2-1-5(14(16)17)3-7(6)15(18)19/h1-4,13H. The fourth-order valence-electron chi connectivity index (χ4n) is 1.05. The van der Waals surface area contributed by atoms with Crippen LogP contribution < -0.4 is 5.43 Å². The molecule has 0 saturated heterocycles. The molecule has 1 aromatic rings. The Morgan fingerprint density at radius 3 is 2.32 bits per heavy atom. The zero-order valence-electron chi connectivity index (χ0n) is 8.92. The Hall–Kier alpha value is -2.72. The molecule has 0 aliphatic carbocycles. The molecule has 0 spiro atoms. The second kappa shape index (κ2) is 5.29. The molecule has 1 rings (SSSR count). The van der Waals surface area contributed by atoms with Crippen LogP contribution in [-0.4, -0.2) is 22.2 Å². The highest BCUT2D eigenvalue weighted by Gasteiger charge is 2.24. The molecule has 0 aromatic heterocycles. The normalized spacial score (nSPS) is 11.5. The molecule has 1 aromatic carbocycles. The number of nitro benzene ring substituents is 2. The maximum absolute atomic E-state index is 11.8. The molecule has 0 amide bonds. The summed E-state index contributed by atoms with van der Waals surface area (Å²) in [5.41, 5.74) is 0.0957. The Morgan fingerprint density at radius 1 is 1.21 bits per heavy atom. The van der Waals surface area contributed by atoms with Gasteiger partial charge in [-0.1, -0.05) is 0 Å². The number of anilines is 1. The van der Waals surface area contributed by atoms with Gasteiger partial charge in [0.1, 0.15) is 11.9 Å². The minimum Gasteiger partial charge on any atom is -0.272 e. The highest BCUT2D eigenvalue weighted by Crippen LogP contribution is 2.28. The van der Waals surface area contributed by atoms with Crippen molar-refractivity contribution in [3.8, 4) is 0 Å². The van der Waals surface area contributed by atoms with Gasteiger partial charge in [-0.25, -0.2) is 0 Å². The van der Waals surface area contributed by atoms with Crippen LogP contribution in [0.25, 0.3) is 0 Å². The molecule has 11 heteroatoms. The average Bonchev–Trinajstić information content (AvgIpc) is 2.27. The maximum atomic E-state index is 11.8. The van der Waals surface area contributed by atoms with E-state index in [9.17, 15) is 33.4 Å². The summed E-state index contributed by atoms with van der Waals surface area (Å²) in [6.45, 7) is 0. The first-order chi connectivity index (χ1) is 8.70. The predicted molar refractivity (Wildman–Crippen MR) is 57.9 cm³/mol. The number of nitro groups is 2. The first-order valence-electron chi connectivity index (χ1n) is 4.50. The highest BCUT2D eigenvalue weighted by molar-refractivity contribution is 5.69. The predicted octanol–water partition coefficient (Wildman–Crippen LogP) is 2.46. The van der Waals surface area contributed by atoms with Crippen LogP contribution in [0.2, 0.25) is 0 Å². The van der Waals surface area contributed by atoms with E-state index in [-0.39, 0.29) is 0 Å². The Kier molecular flexibility index (Phi) is 3.99. The van der Waals surface area contributed by atoms with Gasteiger partial charge in [-0.15, -0.1) is 0 Å². The van der Waals surface area contributed by atoms with Gasteiger partial charge in [0, 0.05) is 6.07 Å². The number of benzene rings is 1. The van der Waals surface area contributed by atoms with Gasteiger partial charge in [-0.2, -0.15) is 18.3 Å². The van der Waals surface area contributed by atoms with E-state index in [1.54, 1.807) is 5.43 Å². The van der Waals surface area contributed by atoms with E-state index in [0.29, 0.717) is 6.07 Å². The van der Waals surface area contributed by atoms with Crippen molar-refractivity contribution in [2.45, 2.75) is 6.18 Å². The Labute approximate surface area is 102 Å². The molecule has 0 aliphatic rings. The number of hydrazone groups is 1. The van der Waals surface area contributed by atoms with Gasteiger partial charge in [-0.05, 0) is 6.07 Å². The lowest BCUT2D eigenvalue weighted by atomic mass is 10.2. The van der Waals surface area contributed by atoms with Crippen molar-refractivity contribution in [3.63, 3.8) is 0 Å². The van der Waals surface area contributed by atoms with Crippen molar-refractivity contribution >= 4 is 23.3 Å². The lowest BCUT2D eigenvalue weighted by Crippen LogP contribution is -2.10. The highest BCUT2D eigenvalue weighted by atomic mass is 19.4.